The highest BCUT2D eigenvalue weighted by Gasteiger charge is 2.37. The molecule has 0 fully saturated rings. The maximum atomic E-state index is 13.0. The van der Waals surface area contributed by atoms with Gasteiger partial charge in [-0.05, 0) is 53.4 Å². The minimum Gasteiger partial charge on any atom is -0.282 e. The van der Waals surface area contributed by atoms with Gasteiger partial charge in [-0.25, -0.2) is 4.90 Å². The van der Waals surface area contributed by atoms with Crippen molar-refractivity contribution in [2.24, 2.45) is 0 Å². The standard InChI is InChI=1S/C24H21NO5S2/c1-24(2,3)15-8-10-16(11-9-15)31-21-14-17(32(28,29)30)12-13-20(21)25-22(26)18-6-4-5-7-19(18)23(25)27/h4-14H,1-3H3,(H,28,29,30). The summed E-state index contributed by atoms with van der Waals surface area (Å²) < 4.78 is 33.0. The van der Waals surface area contributed by atoms with Crippen molar-refractivity contribution in [2.45, 2.75) is 40.9 Å². The highest BCUT2D eigenvalue weighted by Crippen LogP contribution is 2.40. The summed E-state index contributed by atoms with van der Waals surface area (Å²) in [4.78, 5) is 27.8. The smallest absolute Gasteiger partial charge is 0.282 e. The third kappa shape index (κ3) is 4.09. The van der Waals surface area contributed by atoms with E-state index in [-0.39, 0.29) is 16.0 Å². The quantitative estimate of drug-likeness (QED) is 0.420. The molecule has 1 aliphatic heterocycles. The van der Waals surface area contributed by atoms with E-state index < -0.39 is 21.9 Å². The Labute approximate surface area is 191 Å². The Bertz CT molecular complexity index is 1300. The first kappa shape index (κ1) is 22.3. The minimum absolute atomic E-state index is 0.0284. The molecule has 0 saturated heterocycles. The monoisotopic (exact) mass is 467 g/mol. The highest BCUT2D eigenvalue weighted by atomic mass is 32.2. The van der Waals surface area contributed by atoms with Crippen LogP contribution in [0.4, 0.5) is 5.69 Å². The van der Waals surface area contributed by atoms with Crippen molar-refractivity contribution in [2.75, 3.05) is 4.90 Å². The Kier molecular flexibility index (Phi) is 5.48. The molecule has 4 rings (SSSR count). The maximum Gasteiger partial charge on any atom is 0.294 e. The van der Waals surface area contributed by atoms with Gasteiger partial charge >= 0.3 is 0 Å². The lowest BCUT2D eigenvalue weighted by Crippen LogP contribution is -2.30. The number of anilines is 1. The van der Waals surface area contributed by atoms with E-state index in [1.807, 2.05) is 24.3 Å². The molecule has 0 bridgehead atoms. The number of carbonyl (C=O) groups is 2. The summed E-state index contributed by atoms with van der Waals surface area (Å²) in [6, 6.07) is 18.1. The number of fused-ring (bicyclic) bond motifs is 1. The van der Waals surface area contributed by atoms with Crippen LogP contribution in [-0.4, -0.2) is 24.8 Å². The van der Waals surface area contributed by atoms with Gasteiger partial charge in [-0.2, -0.15) is 8.42 Å². The van der Waals surface area contributed by atoms with Crippen LogP contribution in [0.5, 0.6) is 0 Å². The Morgan fingerprint density at radius 3 is 1.91 bits per heavy atom. The topological polar surface area (TPSA) is 91.8 Å². The van der Waals surface area contributed by atoms with Crippen LogP contribution in [0.1, 0.15) is 47.1 Å². The van der Waals surface area contributed by atoms with E-state index >= 15 is 0 Å². The highest BCUT2D eigenvalue weighted by molar-refractivity contribution is 7.99. The molecule has 0 unspecified atom stereocenters. The molecule has 164 valence electrons. The van der Waals surface area contributed by atoms with Gasteiger partial charge in [0.05, 0.1) is 21.7 Å². The van der Waals surface area contributed by atoms with E-state index in [9.17, 15) is 22.6 Å². The lowest BCUT2D eigenvalue weighted by atomic mass is 9.87. The van der Waals surface area contributed by atoms with Crippen molar-refractivity contribution < 1.29 is 22.6 Å². The van der Waals surface area contributed by atoms with Gasteiger partial charge in [-0.1, -0.05) is 56.8 Å². The number of nitrogens with zero attached hydrogens (tertiary/aromatic N) is 1. The minimum atomic E-state index is -4.47. The predicted octanol–water partition coefficient (Wildman–Crippen LogP) is 5.18. The van der Waals surface area contributed by atoms with Crippen LogP contribution in [-0.2, 0) is 15.5 Å². The van der Waals surface area contributed by atoms with E-state index in [1.54, 1.807) is 24.3 Å². The average molecular weight is 468 g/mol. The number of rotatable bonds is 4. The Hall–Kier alpha value is -2.94. The zero-order valence-electron chi connectivity index (χ0n) is 17.7. The summed E-state index contributed by atoms with van der Waals surface area (Å²) in [6.07, 6.45) is 0. The van der Waals surface area contributed by atoms with Crippen molar-refractivity contribution in [1.29, 1.82) is 0 Å². The second-order valence-electron chi connectivity index (χ2n) is 8.47. The first-order chi connectivity index (χ1) is 15.0. The molecule has 8 heteroatoms. The summed E-state index contributed by atoms with van der Waals surface area (Å²) >= 11 is 1.21. The van der Waals surface area contributed by atoms with Crippen molar-refractivity contribution in [3.8, 4) is 0 Å². The zero-order valence-corrected chi connectivity index (χ0v) is 19.3. The number of benzene rings is 3. The Morgan fingerprint density at radius 2 is 1.41 bits per heavy atom. The van der Waals surface area contributed by atoms with Crippen LogP contribution < -0.4 is 4.90 Å². The normalized spacial score (nSPS) is 14.1. The number of imide groups is 1. The third-order valence-electron chi connectivity index (χ3n) is 5.21. The number of carbonyl (C=O) groups excluding carboxylic acids is 2. The Balaban J connectivity index is 1.79. The number of hydrogen-bond acceptors (Lipinski definition) is 5. The molecule has 1 aliphatic rings. The zero-order chi connectivity index (χ0) is 23.3. The van der Waals surface area contributed by atoms with E-state index in [0.717, 1.165) is 15.4 Å². The van der Waals surface area contributed by atoms with E-state index in [0.29, 0.717) is 16.0 Å². The molecular formula is C24H21NO5S2. The molecule has 3 aromatic carbocycles. The molecule has 0 aliphatic carbocycles. The largest absolute Gasteiger partial charge is 0.294 e. The molecule has 1 heterocycles. The van der Waals surface area contributed by atoms with E-state index in [4.69, 9.17) is 0 Å². The van der Waals surface area contributed by atoms with Gasteiger partial charge in [-0.3, -0.25) is 14.1 Å². The third-order valence-corrected chi connectivity index (χ3v) is 7.12. The second kappa shape index (κ2) is 7.88. The van der Waals surface area contributed by atoms with Gasteiger partial charge in [0, 0.05) is 9.79 Å². The van der Waals surface area contributed by atoms with Crippen LogP contribution in [0, 0.1) is 0 Å². The molecular weight excluding hydrogens is 446 g/mol. The molecule has 2 amide bonds. The molecule has 0 radical (unpaired) electrons. The van der Waals surface area contributed by atoms with E-state index in [1.165, 1.54) is 30.0 Å². The van der Waals surface area contributed by atoms with Crippen LogP contribution in [0.15, 0.2) is 81.4 Å². The van der Waals surface area contributed by atoms with Crippen LogP contribution >= 0.6 is 11.8 Å². The lowest BCUT2D eigenvalue weighted by molar-refractivity contribution is 0.0925. The summed E-state index contributed by atoms with van der Waals surface area (Å²) in [5.74, 6) is -0.953. The van der Waals surface area contributed by atoms with Crippen molar-refractivity contribution >= 4 is 39.4 Å². The van der Waals surface area contributed by atoms with Gasteiger partial charge in [0.15, 0.2) is 0 Å². The second-order valence-corrected chi connectivity index (χ2v) is 11.0. The lowest BCUT2D eigenvalue weighted by Gasteiger charge is -2.20. The maximum absolute atomic E-state index is 13.0. The number of hydrogen-bond donors (Lipinski definition) is 1. The predicted molar refractivity (Wildman–Crippen MR) is 123 cm³/mol. The first-order valence-electron chi connectivity index (χ1n) is 9.84. The average Bonchev–Trinajstić information content (AvgIpc) is 2.98. The molecule has 0 atom stereocenters. The molecule has 0 aromatic heterocycles. The van der Waals surface area contributed by atoms with Crippen molar-refractivity contribution in [1.82, 2.24) is 0 Å². The summed E-state index contributed by atoms with van der Waals surface area (Å²) in [6.45, 7) is 6.31. The fourth-order valence-electron chi connectivity index (χ4n) is 3.48. The molecule has 0 saturated carbocycles. The summed E-state index contributed by atoms with van der Waals surface area (Å²) in [5, 5.41) is 0. The van der Waals surface area contributed by atoms with Crippen molar-refractivity contribution in [3.05, 3.63) is 83.4 Å². The Morgan fingerprint density at radius 1 is 0.844 bits per heavy atom. The molecule has 0 spiro atoms. The molecule has 1 N–H and O–H groups in total. The SMILES string of the molecule is CC(C)(C)c1ccc(Sc2cc(S(=O)(=O)O)ccc2N2C(=O)c3ccccc3C2=O)cc1. The van der Waals surface area contributed by atoms with Gasteiger partial charge in [0.1, 0.15) is 0 Å². The van der Waals surface area contributed by atoms with Crippen LogP contribution in [0.25, 0.3) is 0 Å². The van der Waals surface area contributed by atoms with Gasteiger partial charge in [0.2, 0.25) is 0 Å². The summed E-state index contributed by atoms with van der Waals surface area (Å²) in [5.41, 5.74) is 1.95. The number of amides is 2. The molecule has 6 nitrogen and oxygen atoms in total. The van der Waals surface area contributed by atoms with Crippen molar-refractivity contribution in [3.63, 3.8) is 0 Å². The van der Waals surface area contributed by atoms with Gasteiger partial charge in [-0.15, -0.1) is 0 Å². The molecule has 32 heavy (non-hydrogen) atoms. The van der Waals surface area contributed by atoms with E-state index in [2.05, 4.69) is 20.8 Å². The summed E-state index contributed by atoms with van der Waals surface area (Å²) in [7, 11) is -4.47. The van der Waals surface area contributed by atoms with Gasteiger partial charge in [0.25, 0.3) is 21.9 Å². The first-order valence-corrected chi connectivity index (χ1v) is 12.1. The van der Waals surface area contributed by atoms with Crippen LogP contribution in [0.3, 0.4) is 0 Å². The fraction of sp³-hybridized carbons (Fsp3) is 0.167. The van der Waals surface area contributed by atoms with Crippen LogP contribution in [0.2, 0.25) is 0 Å². The van der Waals surface area contributed by atoms with Gasteiger partial charge < -0.3 is 0 Å². The fourth-order valence-corrected chi connectivity index (χ4v) is 5.04. The molecule has 3 aromatic rings.